The number of hydrogen-bond donors (Lipinski definition) is 1. The van der Waals surface area contributed by atoms with E-state index in [2.05, 4.69) is 25.3 Å². The van der Waals surface area contributed by atoms with E-state index in [0.717, 1.165) is 5.56 Å². The molecule has 1 aromatic carbocycles. The summed E-state index contributed by atoms with van der Waals surface area (Å²) in [4.78, 5) is 8.20. The average Bonchev–Trinajstić information content (AvgIpc) is 3.00. The monoisotopic (exact) mass is 227 g/mol. The maximum atomic E-state index is 5.17. The molecule has 6 nitrogen and oxygen atoms in total. The van der Waals surface area contributed by atoms with Crippen LogP contribution < -0.4 is 0 Å². The van der Waals surface area contributed by atoms with Gasteiger partial charge in [0, 0.05) is 5.56 Å². The third-order valence-corrected chi connectivity index (χ3v) is 2.35. The van der Waals surface area contributed by atoms with Gasteiger partial charge in [-0.2, -0.15) is 10.1 Å². The van der Waals surface area contributed by atoms with E-state index in [0.29, 0.717) is 17.5 Å². The average molecular weight is 227 g/mol. The van der Waals surface area contributed by atoms with Gasteiger partial charge in [-0.3, -0.25) is 5.10 Å². The zero-order valence-corrected chi connectivity index (χ0v) is 9.08. The summed E-state index contributed by atoms with van der Waals surface area (Å²) in [5.74, 6) is 1.36. The highest BCUT2D eigenvalue weighted by Gasteiger charge is 2.11. The first kappa shape index (κ1) is 9.71. The normalized spacial score (nSPS) is 10.6. The molecule has 17 heavy (non-hydrogen) atoms. The summed E-state index contributed by atoms with van der Waals surface area (Å²) in [5, 5.41) is 10.3. The molecule has 3 aromatic rings. The molecule has 0 aliphatic rings. The van der Waals surface area contributed by atoms with Crippen molar-refractivity contribution in [1.29, 1.82) is 0 Å². The summed E-state index contributed by atoms with van der Waals surface area (Å²) in [6.45, 7) is 2.03. The summed E-state index contributed by atoms with van der Waals surface area (Å²) in [6.07, 6.45) is 1.40. The Hall–Kier alpha value is -2.50. The molecule has 0 unspecified atom stereocenters. The number of aromatic amines is 1. The lowest BCUT2D eigenvalue weighted by Gasteiger charge is -1.93. The van der Waals surface area contributed by atoms with Crippen molar-refractivity contribution in [2.45, 2.75) is 6.92 Å². The highest BCUT2D eigenvalue weighted by atomic mass is 16.5. The smallest absolute Gasteiger partial charge is 0.258 e. The second-order valence-electron chi connectivity index (χ2n) is 3.62. The molecule has 0 fully saturated rings. The maximum Gasteiger partial charge on any atom is 0.258 e. The number of rotatable bonds is 2. The molecule has 0 aliphatic carbocycles. The first-order chi connectivity index (χ1) is 8.33. The summed E-state index contributed by atoms with van der Waals surface area (Å²) in [7, 11) is 0. The molecule has 0 aliphatic heterocycles. The molecule has 0 atom stereocenters. The first-order valence-corrected chi connectivity index (χ1v) is 5.09. The van der Waals surface area contributed by atoms with Crippen LogP contribution in [0, 0.1) is 6.92 Å². The number of nitrogens with zero attached hydrogens (tertiary/aromatic N) is 4. The van der Waals surface area contributed by atoms with Crippen LogP contribution in [0.3, 0.4) is 0 Å². The van der Waals surface area contributed by atoms with Crippen molar-refractivity contribution in [3.63, 3.8) is 0 Å². The maximum absolute atomic E-state index is 5.17. The standard InChI is InChI=1S/C11H9N5O/c1-7-2-4-8(5-3-7)11-14-10(16-17-11)9-12-6-13-15-9/h2-6H,1H3,(H,12,13,15). The number of aryl methyl sites for hydroxylation is 1. The Kier molecular flexibility index (Phi) is 2.18. The van der Waals surface area contributed by atoms with E-state index in [1.54, 1.807) is 0 Å². The first-order valence-electron chi connectivity index (χ1n) is 5.09. The second-order valence-corrected chi connectivity index (χ2v) is 3.62. The van der Waals surface area contributed by atoms with E-state index in [1.807, 2.05) is 31.2 Å². The van der Waals surface area contributed by atoms with Crippen molar-refractivity contribution < 1.29 is 4.52 Å². The fourth-order valence-corrected chi connectivity index (χ4v) is 1.45. The lowest BCUT2D eigenvalue weighted by Crippen LogP contribution is -1.83. The van der Waals surface area contributed by atoms with Crippen LogP contribution in [0.5, 0.6) is 0 Å². The van der Waals surface area contributed by atoms with Gasteiger partial charge in [0.25, 0.3) is 5.89 Å². The highest BCUT2D eigenvalue weighted by molar-refractivity contribution is 5.55. The van der Waals surface area contributed by atoms with E-state index < -0.39 is 0 Å². The molecular weight excluding hydrogens is 218 g/mol. The molecule has 1 N–H and O–H groups in total. The molecule has 0 spiro atoms. The quantitative estimate of drug-likeness (QED) is 0.722. The van der Waals surface area contributed by atoms with E-state index in [9.17, 15) is 0 Å². The zero-order valence-electron chi connectivity index (χ0n) is 9.08. The van der Waals surface area contributed by atoms with Crippen molar-refractivity contribution in [2.75, 3.05) is 0 Å². The van der Waals surface area contributed by atoms with Crippen molar-refractivity contribution in [1.82, 2.24) is 25.3 Å². The largest absolute Gasteiger partial charge is 0.334 e. The van der Waals surface area contributed by atoms with E-state index in [1.165, 1.54) is 11.9 Å². The van der Waals surface area contributed by atoms with Gasteiger partial charge < -0.3 is 4.52 Å². The van der Waals surface area contributed by atoms with Crippen molar-refractivity contribution >= 4 is 0 Å². The van der Waals surface area contributed by atoms with Crippen LogP contribution in [0.1, 0.15) is 5.56 Å². The number of aromatic nitrogens is 5. The van der Waals surface area contributed by atoms with Crippen LogP contribution in [0.4, 0.5) is 0 Å². The van der Waals surface area contributed by atoms with Gasteiger partial charge in [-0.15, -0.1) is 0 Å². The van der Waals surface area contributed by atoms with Crippen LogP contribution in [-0.2, 0) is 0 Å². The van der Waals surface area contributed by atoms with Crippen LogP contribution in [0.2, 0.25) is 0 Å². The van der Waals surface area contributed by atoms with Crippen molar-refractivity contribution in [3.05, 3.63) is 36.2 Å². The van der Waals surface area contributed by atoms with Crippen molar-refractivity contribution in [3.8, 4) is 23.1 Å². The molecule has 0 saturated heterocycles. The summed E-state index contributed by atoms with van der Waals surface area (Å²) in [5.41, 5.74) is 2.07. The van der Waals surface area contributed by atoms with E-state index >= 15 is 0 Å². The minimum Gasteiger partial charge on any atom is -0.334 e. The number of H-pyrrole nitrogens is 1. The molecular formula is C11H9N5O. The van der Waals surface area contributed by atoms with Gasteiger partial charge in [0.05, 0.1) is 0 Å². The predicted octanol–water partition coefficient (Wildman–Crippen LogP) is 1.83. The topological polar surface area (TPSA) is 80.5 Å². The molecule has 2 heterocycles. The third-order valence-electron chi connectivity index (χ3n) is 2.35. The molecule has 0 saturated carbocycles. The Bertz CT molecular complexity index is 612. The van der Waals surface area contributed by atoms with Crippen molar-refractivity contribution in [2.24, 2.45) is 0 Å². The minimum atomic E-state index is 0.401. The van der Waals surface area contributed by atoms with Crippen LogP contribution in [-0.4, -0.2) is 25.3 Å². The van der Waals surface area contributed by atoms with Gasteiger partial charge >= 0.3 is 0 Å². The Morgan fingerprint density at radius 3 is 2.71 bits per heavy atom. The van der Waals surface area contributed by atoms with Gasteiger partial charge in [0.15, 0.2) is 5.82 Å². The summed E-state index contributed by atoms with van der Waals surface area (Å²) >= 11 is 0. The predicted molar refractivity (Wildman–Crippen MR) is 59.8 cm³/mol. The summed E-state index contributed by atoms with van der Waals surface area (Å²) in [6, 6.07) is 7.86. The lowest BCUT2D eigenvalue weighted by atomic mass is 10.1. The lowest BCUT2D eigenvalue weighted by molar-refractivity contribution is 0.432. The molecule has 6 heteroatoms. The molecule has 0 amide bonds. The number of benzene rings is 1. The van der Waals surface area contributed by atoms with Crippen LogP contribution >= 0.6 is 0 Å². The SMILES string of the molecule is Cc1ccc(-c2nc(-c3ncn[nH]3)no2)cc1. The summed E-state index contributed by atoms with van der Waals surface area (Å²) < 4.78 is 5.17. The zero-order chi connectivity index (χ0) is 11.7. The Labute approximate surface area is 96.7 Å². The Morgan fingerprint density at radius 2 is 2.00 bits per heavy atom. The van der Waals surface area contributed by atoms with Gasteiger partial charge in [-0.25, -0.2) is 4.98 Å². The second kappa shape index (κ2) is 3.82. The number of hydrogen-bond acceptors (Lipinski definition) is 5. The molecule has 2 aromatic heterocycles. The van der Waals surface area contributed by atoms with E-state index in [4.69, 9.17) is 4.52 Å². The molecule has 3 rings (SSSR count). The minimum absolute atomic E-state index is 0.401. The number of nitrogens with one attached hydrogen (secondary N) is 1. The third kappa shape index (κ3) is 1.80. The Balaban J connectivity index is 1.98. The fourth-order valence-electron chi connectivity index (χ4n) is 1.45. The molecule has 84 valence electrons. The van der Waals surface area contributed by atoms with Gasteiger partial charge in [-0.1, -0.05) is 22.9 Å². The van der Waals surface area contributed by atoms with Gasteiger partial charge in [-0.05, 0) is 19.1 Å². The Morgan fingerprint density at radius 1 is 1.18 bits per heavy atom. The van der Waals surface area contributed by atoms with Gasteiger partial charge in [0.2, 0.25) is 5.82 Å². The van der Waals surface area contributed by atoms with Gasteiger partial charge in [0.1, 0.15) is 6.33 Å². The highest BCUT2D eigenvalue weighted by Crippen LogP contribution is 2.20. The van der Waals surface area contributed by atoms with Crippen LogP contribution in [0.15, 0.2) is 35.1 Å². The van der Waals surface area contributed by atoms with E-state index in [-0.39, 0.29) is 0 Å². The fraction of sp³-hybridized carbons (Fsp3) is 0.0909. The molecule has 0 radical (unpaired) electrons. The molecule has 0 bridgehead atoms. The van der Waals surface area contributed by atoms with Crippen LogP contribution in [0.25, 0.3) is 23.1 Å².